The van der Waals surface area contributed by atoms with Crippen LogP contribution in [0.2, 0.25) is 0 Å². The summed E-state index contributed by atoms with van der Waals surface area (Å²) in [6.07, 6.45) is 0.403. The number of amides is 2. The van der Waals surface area contributed by atoms with E-state index < -0.39 is 12.0 Å². The highest BCUT2D eigenvalue weighted by Gasteiger charge is 2.17. The first-order valence-electron chi connectivity index (χ1n) is 9.02. The first kappa shape index (κ1) is 19.6. The molecule has 1 saturated heterocycles. The molecular weight excluding hydrogens is 365 g/mol. The van der Waals surface area contributed by atoms with Crippen LogP contribution in [0.3, 0.4) is 0 Å². The van der Waals surface area contributed by atoms with Gasteiger partial charge >= 0.3 is 12.0 Å². The minimum absolute atomic E-state index is 0.0220. The van der Waals surface area contributed by atoms with Gasteiger partial charge in [-0.2, -0.15) is 0 Å². The van der Waals surface area contributed by atoms with Crippen molar-refractivity contribution in [2.75, 3.05) is 41.8 Å². The summed E-state index contributed by atoms with van der Waals surface area (Å²) in [4.78, 5) is 25.1. The number of benzene rings is 2. The zero-order valence-corrected chi connectivity index (χ0v) is 15.3. The van der Waals surface area contributed by atoms with E-state index in [-0.39, 0.29) is 12.2 Å². The van der Waals surface area contributed by atoms with Gasteiger partial charge in [-0.1, -0.05) is 12.1 Å². The van der Waals surface area contributed by atoms with Gasteiger partial charge in [-0.25, -0.2) is 9.18 Å². The lowest BCUT2D eigenvalue weighted by Gasteiger charge is -2.30. The van der Waals surface area contributed by atoms with Crippen molar-refractivity contribution in [3.63, 3.8) is 0 Å². The van der Waals surface area contributed by atoms with Crippen LogP contribution in [0.5, 0.6) is 0 Å². The maximum absolute atomic E-state index is 13.7. The molecule has 2 aromatic rings. The van der Waals surface area contributed by atoms with Crippen LogP contribution in [0.25, 0.3) is 0 Å². The van der Waals surface area contributed by atoms with Crippen LogP contribution >= 0.6 is 0 Å². The third-order valence-corrected chi connectivity index (χ3v) is 4.37. The molecule has 0 bridgehead atoms. The predicted molar refractivity (Wildman–Crippen MR) is 104 cm³/mol. The summed E-state index contributed by atoms with van der Waals surface area (Å²) in [6, 6.07) is 10.8. The van der Waals surface area contributed by atoms with Gasteiger partial charge in [0.25, 0.3) is 0 Å². The fraction of sp³-hybridized carbons (Fsp3) is 0.300. The monoisotopic (exact) mass is 387 g/mol. The third-order valence-electron chi connectivity index (χ3n) is 4.37. The van der Waals surface area contributed by atoms with E-state index in [9.17, 15) is 14.0 Å². The molecule has 0 saturated carbocycles. The number of carboxylic acids is 1. The number of carbonyl (C=O) groups excluding carboxylic acids is 1. The Bertz CT molecular complexity index is 853. The van der Waals surface area contributed by atoms with E-state index in [2.05, 4.69) is 10.6 Å². The van der Waals surface area contributed by atoms with Crippen LogP contribution in [0.15, 0.2) is 42.5 Å². The minimum Gasteiger partial charge on any atom is -0.481 e. The second-order valence-corrected chi connectivity index (χ2v) is 6.43. The van der Waals surface area contributed by atoms with Gasteiger partial charge in [0.05, 0.1) is 24.6 Å². The van der Waals surface area contributed by atoms with Gasteiger partial charge in [0, 0.05) is 25.2 Å². The smallest absolute Gasteiger partial charge is 0.323 e. The second-order valence-electron chi connectivity index (χ2n) is 6.43. The van der Waals surface area contributed by atoms with E-state index in [0.29, 0.717) is 49.8 Å². The van der Waals surface area contributed by atoms with Gasteiger partial charge in [-0.3, -0.25) is 4.79 Å². The molecule has 0 aromatic heterocycles. The highest BCUT2D eigenvalue weighted by atomic mass is 19.1. The Morgan fingerprint density at radius 1 is 1.11 bits per heavy atom. The van der Waals surface area contributed by atoms with E-state index in [1.807, 2.05) is 11.0 Å². The summed E-state index contributed by atoms with van der Waals surface area (Å²) in [6.45, 7) is 2.33. The van der Waals surface area contributed by atoms with Crippen molar-refractivity contribution >= 4 is 29.1 Å². The summed E-state index contributed by atoms with van der Waals surface area (Å²) in [7, 11) is 0. The topological polar surface area (TPSA) is 90.9 Å². The van der Waals surface area contributed by atoms with Gasteiger partial charge in [0.2, 0.25) is 0 Å². The first-order chi connectivity index (χ1) is 13.5. The van der Waals surface area contributed by atoms with E-state index >= 15 is 0 Å². The summed E-state index contributed by atoms with van der Waals surface area (Å²) in [5.74, 6) is -1.25. The van der Waals surface area contributed by atoms with Crippen molar-refractivity contribution in [2.24, 2.45) is 0 Å². The summed E-state index contributed by atoms with van der Waals surface area (Å²) in [5.41, 5.74) is 2.47. The minimum atomic E-state index is -0.872. The standard InChI is InChI=1S/C20H22FN3O4/c21-15-5-6-17(18(13-15)24-8-10-28-11-9-24)23-20(27)22-16-3-1-2-14(12-16)4-7-19(25)26/h1-3,5-6,12-13H,4,7-11H2,(H,25,26)(H2,22,23,27). The summed E-state index contributed by atoms with van der Waals surface area (Å²) in [5, 5.41) is 14.3. The molecule has 148 valence electrons. The number of carbonyl (C=O) groups is 2. The quantitative estimate of drug-likeness (QED) is 0.707. The Hall–Kier alpha value is -3.13. The SMILES string of the molecule is O=C(O)CCc1cccc(NC(=O)Nc2ccc(F)cc2N2CCOCC2)c1. The molecule has 1 aliphatic rings. The first-order valence-corrected chi connectivity index (χ1v) is 9.02. The number of ether oxygens (including phenoxy) is 1. The van der Waals surface area contributed by atoms with Crippen molar-refractivity contribution in [3.05, 3.63) is 53.8 Å². The number of hydrogen-bond acceptors (Lipinski definition) is 4. The number of morpholine rings is 1. The van der Waals surface area contributed by atoms with Crippen LogP contribution in [0.1, 0.15) is 12.0 Å². The molecule has 3 rings (SSSR count). The van der Waals surface area contributed by atoms with Crippen LogP contribution in [0.4, 0.5) is 26.2 Å². The Morgan fingerprint density at radius 3 is 2.64 bits per heavy atom. The number of nitrogens with zero attached hydrogens (tertiary/aromatic N) is 1. The maximum Gasteiger partial charge on any atom is 0.323 e. The molecule has 1 heterocycles. The Labute approximate surface area is 162 Å². The molecule has 1 fully saturated rings. The fourth-order valence-corrected chi connectivity index (χ4v) is 3.02. The zero-order chi connectivity index (χ0) is 19.9. The molecule has 28 heavy (non-hydrogen) atoms. The van der Waals surface area contributed by atoms with Crippen LogP contribution < -0.4 is 15.5 Å². The van der Waals surface area contributed by atoms with Crippen molar-refractivity contribution in [2.45, 2.75) is 12.8 Å². The normalized spacial score (nSPS) is 13.8. The molecule has 7 nitrogen and oxygen atoms in total. The number of aliphatic carboxylic acids is 1. The number of carboxylic acid groups (broad SMARTS) is 1. The lowest BCUT2D eigenvalue weighted by Crippen LogP contribution is -2.37. The number of nitrogens with one attached hydrogen (secondary N) is 2. The number of hydrogen-bond donors (Lipinski definition) is 3. The molecule has 0 spiro atoms. The van der Waals surface area contributed by atoms with Gasteiger partial charge < -0.3 is 25.4 Å². The van der Waals surface area contributed by atoms with Crippen molar-refractivity contribution in [3.8, 4) is 0 Å². The van der Waals surface area contributed by atoms with Gasteiger partial charge in [0.15, 0.2) is 0 Å². The Morgan fingerprint density at radius 2 is 1.89 bits per heavy atom. The summed E-state index contributed by atoms with van der Waals surface area (Å²) < 4.78 is 19.1. The van der Waals surface area contributed by atoms with E-state index in [1.165, 1.54) is 18.2 Å². The molecule has 0 aliphatic carbocycles. The van der Waals surface area contributed by atoms with Crippen LogP contribution in [-0.4, -0.2) is 43.4 Å². The van der Waals surface area contributed by atoms with Crippen molar-refractivity contribution < 1.29 is 23.8 Å². The maximum atomic E-state index is 13.7. The molecule has 0 atom stereocenters. The molecule has 1 aliphatic heterocycles. The summed E-state index contributed by atoms with van der Waals surface area (Å²) >= 11 is 0. The number of halogens is 1. The van der Waals surface area contributed by atoms with Gasteiger partial charge in [-0.05, 0) is 42.3 Å². The van der Waals surface area contributed by atoms with Crippen molar-refractivity contribution in [1.29, 1.82) is 0 Å². The van der Waals surface area contributed by atoms with Crippen LogP contribution in [0, 0.1) is 5.82 Å². The molecule has 0 radical (unpaired) electrons. The fourth-order valence-electron chi connectivity index (χ4n) is 3.02. The largest absolute Gasteiger partial charge is 0.481 e. The van der Waals surface area contributed by atoms with Crippen LogP contribution in [-0.2, 0) is 16.0 Å². The second kappa shape index (κ2) is 9.18. The average Bonchev–Trinajstić information content (AvgIpc) is 2.68. The van der Waals surface area contributed by atoms with E-state index in [1.54, 1.807) is 18.2 Å². The van der Waals surface area contributed by atoms with Crippen molar-refractivity contribution in [1.82, 2.24) is 0 Å². The average molecular weight is 387 g/mol. The number of rotatable bonds is 6. The van der Waals surface area contributed by atoms with Gasteiger partial charge in [0.1, 0.15) is 5.82 Å². The zero-order valence-electron chi connectivity index (χ0n) is 15.3. The highest BCUT2D eigenvalue weighted by molar-refractivity contribution is 6.01. The molecule has 8 heteroatoms. The molecule has 2 amide bonds. The molecule has 0 unspecified atom stereocenters. The third kappa shape index (κ3) is 5.43. The molecular formula is C20H22FN3O4. The number of anilines is 3. The molecule has 3 N–H and O–H groups in total. The van der Waals surface area contributed by atoms with E-state index in [4.69, 9.17) is 9.84 Å². The van der Waals surface area contributed by atoms with Gasteiger partial charge in [-0.15, -0.1) is 0 Å². The molecule has 2 aromatic carbocycles. The lowest BCUT2D eigenvalue weighted by atomic mass is 10.1. The number of aryl methyl sites for hydroxylation is 1. The number of urea groups is 1. The Kier molecular flexibility index (Phi) is 6.44. The lowest BCUT2D eigenvalue weighted by molar-refractivity contribution is -0.136. The van der Waals surface area contributed by atoms with E-state index in [0.717, 1.165) is 5.56 Å². The Balaban J connectivity index is 1.68. The highest BCUT2D eigenvalue weighted by Crippen LogP contribution is 2.28. The predicted octanol–water partition coefficient (Wildman–Crippen LogP) is 3.32.